The maximum Gasteiger partial charge on any atom is 0.269 e. The molecule has 0 fully saturated rings. The van der Waals surface area contributed by atoms with E-state index in [1.807, 2.05) is 0 Å². The second-order valence-corrected chi connectivity index (χ2v) is 4.99. The van der Waals surface area contributed by atoms with Gasteiger partial charge in [-0.2, -0.15) is 0 Å². The molecule has 21 heavy (non-hydrogen) atoms. The minimum absolute atomic E-state index is 0.0141. The van der Waals surface area contributed by atoms with Crippen LogP contribution in [0.2, 0.25) is 5.02 Å². The van der Waals surface area contributed by atoms with E-state index in [0.717, 1.165) is 5.56 Å². The molecule has 1 aliphatic rings. The first-order valence-electron chi connectivity index (χ1n) is 6.12. The second kappa shape index (κ2) is 5.03. The number of rotatable bonds is 2. The predicted octanol–water partition coefficient (Wildman–Crippen LogP) is 3.74. The van der Waals surface area contributed by atoms with Gasteiger partial charge in [-0.1, -0.05) is 17.7 Å². The standard InChI is InChI=1S/C15H9ClN2O3/c16-10-3-6-12-13(15(19)17-14(12)8-10)7-9-1-4-11(5-2-9)18(20)21/h1-8H,(H,17,19)/b13-7-. The van der Waals surface area contributed by atoms with E-state index in [4.69, 9.17) is 11.6 Å². The van der Waals surface area contributed by atoms with Gasteiger partial charge in [0.2, 0.25) is 0 Å². The smallest absolute Gasteiger partial charge is 0.269 e. The third-order valence-electron chi connectivity index (χ3n) is 3.18. The number of nitrogens with one attached hydrogen (secondary N) is 1. The first-order valence-corrected chi connectivity index (χ1v) is 6.50. The van der Waals surface area contributed by atoms with Crippen molar-refractivity contribution in [1.29, 1.82) is 0 Å². The molecule has 3 rings (SSSR count). The van der Waals surface area contributed by atoms with Crippen molar-refractivity contribution in [1.82, 2.24) is 0 Å². The lowest BCUT2D eigenvalue weighted by atomic mass is 10.0. The molecule has 104 valence electrons. The van der Waals surface area contributed by atoms with Crippen LogP contribution in [-0.2, 0) is 4.79 Å². The normalized spacial score (nSPS) is 14.9. The van der Waals surface area contributed by atoms with Crippen molar-refractivity contribution in [2.24, 2.45) is 0 Å². The summed E-state index contributed by atoms with van der Waals surface area (Å²) in [5.74, 6) is -0.217. The second-order valence-electron chi connectivity index (χ2n) is 4.55. The molecule has 2 aromatic carbocycles. The average Bonchev–Trinajstić information content (AvgIpc) is 2.75. The highest BCUT2D eigenvalue weighted by molar-refractivity contribution is 6.36. The maximum atomic E-state index is 12.0. The molecule has 1 N–H and O–H groups in total. The minimum Gasteiger partial charge on any atom is -0.321 e. The number of nitro groups is 1. The number of nitrogens with zero attached hydrogens (tertiary/aromatic N) is 1. The van der Waals surface area contributed by atoms with Gasteiger partial charge in [0, 0.05) is 28.3 Å². The van der Waals surface area contributed by atoms with Gasteiger partial charge in [0.1, 0.15) is 0 Å². The van der Waals surface area contributed by atoms with E-state index in [2.05, 4.69) is 5.32 Å². The lowest BCUT2D eigenvalue weighted by Gasteiger charge is -1.99. The van der Waals surface area contributed by atoms with E-state index >= 15 is 0 Å². The fourth-order valence-electron chi connectivity index (χ4n) is 2.17. The number of fused-ring (bicyclic) bond motifs is 1. The Morgan fingerprint density at radius 1 is 1.14 bits per heavy atom. The summed E-state index contributed by atoms with van der Waals surface area (Å²) >= 11 is 5.89. The Kier molecular flexibility index (Phi) is 3.19. The summed E-state index contributed by atoms with van der Waals surface area (Å²) in [5.41, 5.74) is 2.67. The lowest BCUT2D eigenvalue weighted by Crippen LogP contribution is -2.03. The Labute approximate surface area is 125 Å². The molecule has 6 heteroatoms. The van der Waals surface area contributed by atoms with Crippen molar-refractivity contribution in [2.45, 2.75) is 0 Å². The molecule has 0 atom stereocenters. The van der Waals surface area contributed by atoms with Crippen LogP contribution in [0.4, 0.5) is 11.4 Å². The number of anilines is 1. The number of hydrogen-bond donors (Lipinski definition) is 1. The Bertz CT molecular complexity index is 782. The fraction of sp³-hybridized carbons (Fsp3) is 0. The van der Waals surface area contributed by atoms with Gasteiger partial charge in [0.25, 0.3) is 11.6 Å². The summed E-state index contributed by atoms with van der Waals surface area (Å²) in [5, 5.41) is 13.9. The van der Waals surface area contributed by atoms with Crippen molar-refractivity contribution in [3.05, 3.63) is 68.7 Å². The minimum atomic E-state index is -0.462. The van der Waals surface area contributed by atoms with Gasteiger partial charge in [-0.3, -0.25) is 14.9 Å². The molecule has 0 saturated carbocycles. The molecule has 0 aliphatic carbocycles. The number of benzene rings is 2. The van der Waals surface area contributed by atoms with Gasteiger partial charge in [0.15, 0.2) is 0 Å². The summed E-state index contributed by atoms with van der Waals surface area (Å²) in [6.45, 7) is 0. The van der Waals surface area contributed by atoms with Gasteiger partial charge in [-0.15, -0.1) is 0 Å². The van der Waals surface area contributed by atoms with Gasteiger partial charge < -0.3 is 5.32 Å². The zero-order valence-electron chi connectivity index (χ0n) is 10.7. The summed E-state index contributed by atoms with van der Waals surface area (Å²) < 4.78 is 0. The quantitative estimate of drug-likeness (QED) is 0.521. The summed E-state index contributed by atoms with van der Waals surface area (Å²) in [6, 6.07) is 11.2. The number of amides is 1. The Morgan fingerprint density at radius 2 is 1.86 bits per heavy atom. The molecular formula is C15H9ClN2O3. The van der Waals surface area contributed by atoms with Gasteiger partial charge in [-0.05, 0) is 35.9 Å². The monoisotopic (exact) mass is 300 g/mol. The largest absolute Gasteiger partial charge is 0.321 e. The van der Waals surface area contributed by atoms with Gasteiger partial charge in [-0.25, -0.2) is 0 Å². The number of carbonyl (C=O) groups is 1. The Morgan fingerprint density at radius 3 is 2.52 bits per heavy atom. The van der Waals surface area contributed by atoms with Crippen LogP contribution < -0.4 is 5.32 Å². The molecule has 0 unspecified atom stereocenters. The predicted molar refractivity (Wildman–Crippen MR) is 81.0 cm³/mol. The maximum absolute atomic E-state index is 12.0. The van der Waals surface area contributed by atoms with Crippen LogP contribution in [-0.4, -0.2) is 10.8 Å². The first kappa shape index (κ1) is 13.3. The van der Waals surface area contributed by atoms with E-state index in [1.165, 1.54) is 12.1 Å². The van der Waals surface area contributed by atoms with Crippen molar-refractivity contribution in [2.75, 3.05) is 5.32 Å². The van der Waals surface area contributed by atoms with Crippen molar-refractivity contribution in [3.63, 3.8) is 0 Å². The third kappa shape index (κ3) is 2.51. The molecular weight excluding hydrogens is 292 g/mol. The van der Waals surface area contributed by atoms with Crippen LogP contribution >= 0.6 is 11.6 Å². The van der Waals surface area contributed by atoms with Crippen molar-refractivity contribution in [3.8, 4) is 0 Å². The van der Waals surface area contributed by atoms with E-state index in [9.17, 15) is 14.9 Å². The summed E-state index contributed by atoms with van der Waals surface area (Å²) in [4.78, 5) is 22.1. The lowest BCUT2D eigenvalue weighted by molar-refractivity contribution is -0.384. The zero-order chi connectivity index (χ0) is 15.0. The molecule has 1 amide bonds. The summed E-state index contributed by atoms with van der Waals surface area (Å²) in [6.07, 6.45) is 1.69. The van der Waals surface area contributed by atoms with Crippen LogP contribution in [0.5, 0.6) is 0 Å². The Hall–Kier alpha value is -2.66. The van der Waals surface area contributed by atoms with Crippen molar-refractivity contribution >= 4 is 40.5 Å². The van der Waals surface area contributed by atoms with E-state index in [0.29, 0.717) is 21.8 Å². The third-order valence-corrected chi connectivity index (χ3v) is 3.41. The molecule has 0 radical (unpaired) electrons. The number of nitro benzene ring substituents is 1. The van der Waals surface area contributed by atoms with Crippen LogP contribution in [0.15, 0.2) is 42.5 Å². The van der Waals surface area contributed by atoms with Gasteiger partial charge in [0.05, 0.1) is 10.6 Å². The number of halogens is 1. The topological polar surface area (TPSA) is 72.2 Å². The highest BCUT2D eigenvalue weighted by Gasteiger charge is 2.24. The summed E-state index contributed by atoms with van der Waals surface area (Å²) in [7, 11) is 0. The van der Waals surface area contributed by atoms with Crippen molar-refractivity contribution < 1.29 is 9.72 Å². The van der Waals surface area contributed by atoms with Gasteiger partial charge >= 0.3 is 0 Å². The highest BCUT2D eigenvalue weighted by Crippen LogP contribution is 2.34. The van der Waals surface area contributed by atoms with Crippen LogP contribution in [0.1, 0.15) is 11.1 Å². The van der Waals surface area contributed by atoms with E-state index in [-0.39, 0.29) is 11.6 Å². The SMILES string of the molecule is O=C1Nc2cc(Cl)ccc2/C1=C/c1ccc([N+](=O)[O-])cc1. The molecule has 0 bridgehead atoms. The number of hydrogen-bond acceptors (Lipinski definition) is 3. The molecule has 1 heterocycles. The average molecular weight is 301 g/mol. The molecule has 1 aliphatic heterocycles. The Balaban J connectivity index is 2.00. The molecule has 2 aromatic rings. The zero-order valence-corrected chi connectivity index (χ0v) is 11.4. The molecule has 5 nitrogen and oxygen atoms in total. The molecule has 0 saturated heterocycles. The highest BCUT2D eigenvalue weighted by atomic mass is 35.5. The fourth-order valence-corrected chi connectivity index (χ4v) is 2.34. The van der Waals surface area contributed by atoms with Crippen LogP contribution in [0.3, 0.4) is 0 Å². The van der Waals surface area contributed by atoms with E-state index < -0.39 is 4.92 Å². The van der Waals surface area contributed by atoms with Crippen LogP contribution in [0, 0.1) is 10.1 Å². The van der Waals surface area contributed by atoms with Crippen LogP contribution in [0.25, 0.3) is 11.6 Å². The first-order chi connectivity index (χ1) is 10.0. The van der Waals surface area contributed by atoms with E-state index in [1.54, 1.807) is 36.4 Å². The number of carbonyl (C=O) groups excluding carboxylic acids is 1. The molecule has 0 aromatic heterocycles. The molecule has 0 spiro atoms. The number of non-ortho nitro benzene ring substituents is 1.